The van der Waals surface area contributed by atoms with Crippen LogP contribution < -0.4 is 9.62 Å². The second kappa shape index (κ2) is 11.0. The van der Waals surface area contributed by atoms with E-state index in [9.17, 15) is 18.0 Å². The summed E-state index contributed by atoms with van der Waals surface area (Å²) in [5.74, 6) is -0.503. The number of nitrogens with zero attached hydrogens (tertiary/aromatic N) is 2. The van der Waals surface area contributed by atoms with E-state index in [0.29, 0.717) is 11.6 Å². The van der Waals surface area contributed by atoms with Crippen molar-refractivity contribution >= 4 is 43.5 Å². The Bertz CT molecular complexity index is 1040. The number of carbonyl (C=O) groups excluding carboxylic acids is 2. The molecule has 7 nitrogen and oxygen atoms in total. The minimum Gasteiger partial charge on any atom is -0.357 e. The summed E-state index contributed by atoms with van der Waals surface area (Å²) in [6, 6.07) is 13.7. The summed E-state index contributed by atoms with van der Waals surface area (Å²) in [6.07, 6.45) is 1.07. The number of sulfonamides is 1. The summed E-state index contributed by atoms with van der Waals surface area (Å²) in [5.41, 5.74) is 2.30. The number of halogens is 1. The van der Waals surface area contributed by atoms with Gasteiger partial charge in [0.2, 0.25) is 21.8 Å². The van der Waals surface area contributed by atoms with Crippen molar-refractivity contribution in [3.8, 4) is 0 Å². The second-order valence-corrected chi connectivity index (χ2v) is 10.8. The SMILES string of the molecule is CNC(=O)[C@H](C)N(Cc1ccc(Br)cc1)C(=O)CN(c1ccc(C(C)C)cc1)S(C)(=O)=O. The van der Waals surface area contributed by atoms with Gasteiger partial charge in [-0.2, -0.15) is 0 Å². The van der Waals surface area contributed by atoms with Crippen molar-refractivity contribution < 1.29 is 18.0 Å². The van der Waals surface area contributed by atoms with Gasteiger partial charge in [0.05, 0.1) is 11.9 Å². The third-order valence-electron chi connectivity index (χ3n) is 5.21. The number of hydrogen-bond donors (Lipinski definition) is 1. The molecule has 0 aliphatic carbocycles. The van der Waals surface area contributed by atoms with Gasteiger partial charge in [-0.05, 0) is 48.2 Å². The fraction of sp³-hybridized carbons (Fsp3) is 0.391. The Morgan fingerprint density at radius 2 is 1.56 bits per heavy atom. The minimum atomic E-state index is -3.73. The molecule has 32 heavy (non-hydrogen) atoms. The number of rotatable bonds is 9. The first kappa shape index (κ1) is 25.9. The number of anilines is 1. The topological polar surface area (TPSA) is 86.8 Å². The Hall–Kier alpha value is -2.39. The van der Waals surface area contributed by atoms with Crippen molar-refractivity contribution in [3.05, 3.63) is 64.1 Å². The van der Waals surface area contributed by atoms with E-state index in [1.165, 1.54) is 11.9 Å². The molecule has 2 aromatic rings. The number of amides is 2. The zero-order chi connectivity index (χ0) is 24.1. The van der Waals surface area contributed by atoms with E-state index < -0.39 is 28.5 Å². The van der Waals surface area contributed by atoms with Gasteiger partial charge in [-0.25, -0.2) is 8.42 Å². The Morgan fingerprint density at radius 1 is 1.00 bits per heavy atom. The van der Waals surface area contributed by atoms with E-state index in [2.05, 4.69) is 21.2 Å². The number of carbonyl (C=O) groups is 2. The van der Waals surface area contributed by atoms with Gasteiger partial charge in [0, 0.05) is 18.1 Å². The molecular weight excluding hydrogens is 494 g/mol. The molecule has 0 bridgehead atoms. The van der Waals surface area contributed by atoms with Crippen LogP contribution in [0.4, 0.5) is 5.69 Å². The average molecular weight is 524 g/mol. The van der Waals surface area contributed by atoms with Crippen LogP contribution in [0, 0.1) is 0 Å². The number of hydrogen-bond acceptors (Lipinski definition) is 4. The van der Waals surface area contributed by atoms with E-state index in [-0.39, 0.29) is 12.5 Å². The number of likely N-dealkylation sites (N-methyl/N-ethyl adjacent to an activating group) is 1. The van der Waals surface area contributed by atoms with Crippen LogP contribution in [0.3, 0.4) is 0 Å². The zero-order valence-electron chi connectivity index (χ0n) is 19.0. The van der Waals surface area contributed by atoms with Gasteiger partial charge in [-0.3, -0.25) is 13.9 Å². The van der Waals surface area contributed by atoms with Crippen molar-refractivity contribution in [2.45, 2.75) is 39.3 Å². The molecule has 0 aliphatic rings. The molecule has 2 amide bonds. The Balaban J connectivity index is 2.36. The second-order valence-electron chi connectivity index (χ2n) is 7.95. The smallest absolute Gasteiger partial charge is 0.244 e. The van der Waals surface area contributed by atoms with E-state index >= 15 is 0 Å². The molecule has 2 rings (SSSR count). The Labute approximate surface area is 199 Å². The molecule has 174 valence electrons. The van der Waals surface area contributed by atoms with E-state index in [4.69, 9.17) is 0 Å². The predicted molar refractivity (Wildman–Crippen MR) is 131 cm³/mol. The molecule has 0 fully saturated rings. The fourth-order valence-electron chi connectivity index (χ4n) is 3.22. The van der Waals surface area contributed by atoms with Gasteiger partial charge >= 0.3 is 0 Å². The maximum atomic E-state index is 13.3. The highest BCUT2D eigenvalue weighted by molar-refractivity contribution is 9.10. The first-order valence-corrected chi connectivity index (χ1v) is 12.9. The summed E-state index contributed by atoms with van der Waals surface area (Å²) in [6.45, 7) is 5.49. The van der Waals surface area contributed by atoms with Gasteiger partial charge < -0.3 is 10.2 Å². The quantitative estimate of drug-likeness (QED) is 0.544. The van der Waals surface area contributed by atoms with Crippen molar-refractivity contribution in [2.24, 2.45) is 0 Å². The molecule has 0 spiro atoms. The van der Waals surface area contributed by atoms with Gasteiger partial charge in [-0.15, -0.1) is 0 Å². The highest BCUT2D eigenvalue weighted by atomic mass is 79.9. The molecule has 0 aliphatic heterocycles. The number of nitrogens with one attached hydrogen (secondary N) is 1. The molecule has 9 heteroatoms. The third kappa shape index (κ3) is 6.80. The lowest BCUT2D eigenvalue weighted by molar-refractivity contribution is -0.139. The summed E-state index contributed by atoms with van der Waals surface area (Å²) < 4.78 is 27.0. The zero-order valence-corrected chi connectivity index (χ0v) is 21.4. The van der Waals surface area contributed by atoms with Crippen LogP contribution in [0.25, 0.3) is 0 Å². The van der Waals surface area contributed by atoms with Gasteiger partial charge in [0.25, 0.3) is 0 Å². The maximum Gasteiger partial charge on any atom is 0.244 e. The van der Waals surface area contributed by atoms with Crippen LogP contribution in [0.1, 0.15) is 37.8 Å². The molecule has 0 radical (unpaired) electrons. The lowest BCUT2D eigenvalue weighted by Crippen LogP contribution is -2.50. The lowest BCUT2D eigenvalue weighted by atomic mass is 10.0. The van der Waals surface area contributed by atoms with E-state index in [0.717, 1.165) is 26.2 Å². The number of benzene rings is 2. The lowest BCUT2D eigenvalue weighted by Gasteiger charge is -2.31. The first-order chi connectivity index (χ1) is 14.9. The van der Waals surface area contributed by atoms with Gasteiger partial charge in [0.1, 0.15) is 12.6 Å². The van der Waals surface area contributed by atoms with E-state index in [1.54, 1.807) is 19.1 Å². The molecule has 2 aromatic carbocycles. The van der Waals surface area contributed by atoms with Crippen LogP contribution in [0.2, 0.25) is 0 Å². The summed E-state index contributed by atoms with van der Waals surface area (Å²) in [4.78, 5) is 27.0. The van der Waals surface area contributed by atoms with Gasteiger partial charge in [0.15, 0.2) is 0 Å². The standard InChI is InChI=1S/C23H30BrN3O4S/c1-16(2)19-8-12-21(13-9-19)27(32(5,30)31)15-22(28)26(17(3)23(29)25-4)14-18-6-10-20(24)11-7-18/h6-13,16-17H,14-15H2,1-5H3,(H,25,29)/t17-/m0/s1. The van der Waals surface area contributed by atoms with Crippen molar-refractivity contribution in [3.63, 3.8) is 0 Å². The molecule has 1 atom stereocenters. The molecule has 0 saturated heterocycles. The molecule has 0 saturated carbocycles. The van der Waals surface area contributed by atoms with Crippen molar-refractivity contribution in [2.75, 3.05) is 24.2 Å². The summed E-state index contributed by atoms with van der Waals surface area (Å²) in [7, 11) is -2.23. The third-order valence-corrected chi connectivity index (χ3v) is 6.88. The molecular formula is C23H30BrN3O4S. The highest BCUT2D eigenvalue weighted by Gasteiger charge is 2.29. The predicted octanol–water partition coefficient (Wildman–Crippen LogP) is 3.50. The molecule has 1 N–H and O–H groups in total. The highest BCUT2D eigenvalue weighted by Crippen LogP contribution is 2.23. The fourth-order valence-corrected chi connectivity index (χ4v) is 4.33. The van der Waals surface area contributed by atoms with Crippen molar-refractivity contribution in [1.29, 1.82) is 0 Å². The largest absolute Gasteiger partial charge is 0.357 e. The van der Waals surface area contributed by atoms with Crippen LogP contribution in [-0.2, 0) is 26.2 Å². The maximum absolute atomic E-state index is 13.3. The average Bonchev–Trinajstić information content (AvgIpc) is 2.75. The molecule has 0 heterocycles. The summed E-state index contributed by atoms with van der Waals surface area (Å²) >= 11 is 3.38. The van der Waals surface area contributed by atoms with Crippen molar-refractivity contribution in [1.82, 2.24) is 10.2 Å². The molecule has 0 unspecified atom stereocenters. The minimum absolute atomic E-state index is 0.171. The Kier molecular flexibility index (Phi) is 8.86. The van der Waals surface area contributed by atoms with Crippen LogP contribution in [0.15, 0.2) is 53.0 Å². The Morgan fingerprint density at radius 3 is 2.03 bits per heavy atom. The normalized spacial score (nSPS) is 12.3. The summed E-state index contributed by atoms with van der Waals surface area (Å²) in [5, 5.41) is 2.55. The van der Waals surface area contributed by atoms with E-state index in [1.807, 2.05) is 50.2 Å². The van der Waals surface area contributed by atoms with Crippen LogP contribution >= 0.6 is 15.9 Å². The monoisotopic (exact) mass is 523 g/mol. The van der Waals surface area contributed by atoms with Crippen LogP contribution in [-0.4, -0.2) is 51.0 Å². The first-order valence-electron chi connectivity index (χ1n) is 10.3. The van der Waals surface area contributed by atoms with Crippen LogP contribution in [0.5, 0.6) is 0 Å². The molecule has 0 aromatic heterocycles. The van der Waals surface area contributed by atoms with Gasteiger partial charge in [-0.1, -0.05) is 54.0 Å².